The standard InChI is InChI=1S/C17H21ClN6O/c1-23(2)9-5-8-19-16-20-10-14-15(22-16)24(17(25)21-14)11-12-6-3-4-7-13(12)18/h3-4,6-7,10H,5,8-9,11H2,1-2H3,(H,21,25)(H,19,20,22). The highest BCUT2D eigenvalue weighted by molar-refractivity contribution is 6.31. The highest BCUT2D eigenvalue weighted by Crippen LogP contribution is 2.17. The highest BCUT2D eigenvalue weighted by atomic mass is 35.5. The van der Waals surface area contributed by atoms with E-state index < -0.39 is 0 Å². The molecular formula is C17H21ClN6O. The molecule has 0 saturated carbocycles. The topological polar surface area (TPSA) is 78.8 Å². The van der Waals surface area contributed by atoms with E-state index in [1.54, 1.807) is 10.8 Å². The van der Waals surface area contributed by atoms with E-state index >= 15 is 0 Å². The van der Waals surface area contributed by atoms with Crippen LogP contribution in [0, 0.1) is 0 Å². The number of aromatic nitrogens is 4. The fourth-order valence-electron chi connectivity index (χ4n) is 2.57. The number of anilines is 1. The highest BCUT2D eigenvalue weighted by Gasteiger charge is 2.11. The summed E-state index contributed by atoms with van der Waals surface area (Å²) in [5.74, 6) is 0.512. The average Bonchev–Trinajstić information content (AvgIpc) is 2.89. The van der Waals surface area contributed by atoms with Gasteiger partial charge in [-0.1, -0.05) is 29.8 Å². The molecule has 0 aliphatic heterocycles. The number of nitrogens with one attached hydrogen (secondary N) is 2. The molecule has 7 nitrogen and oxygen atoms in total. The molecule has 25 heavy (non-hydrogen) atoms. The molecule has 0 fully saturated rings. The zero-order chi connectivity index (χ0) is 17.8. The molecule has 2 N–H and O–H groups in total. The van der Waals surface area contributed by atoms with Crippen LogP contribution in [0.25, 0.3) is 11.2 Å². The van der Waals surface area contributed by atoms with Crippen molar-refractivity contribution in [3.63, 3.8) is 0 Å². The maximum atomic E-state index is 12.3. The number of H-pyrrole nitrogens is 1. The number of imidazole rings is 1. The lowest BCUT2D eigenvalue weighted by Gasteiger charge is -2.10. The van der Waals surface area contributed by atoms with Crippen LogP contribution in [0.1, 0.15) is 12.0 Å². The quantitative estimate of drug-likeness (QED) is 0.631. The summed E-state index contributed by atoms with van der Waals surface area (Å²) in [4.78, 5) is 25.9. The van der Waals surface area contributed by atoms with Crippen LogP contribution in [0.3, 0.4) is 0 Å². The number of nitrogens with zero attached hydrogens (tertiary/aromatic N) is 4. The molecule has 2 aromatic heterocycles. The summed E-state index contributed by atoms with van der Waals surface area (Å²) < 4.78 is 1.57. The van der Waals surface area contributed by atoms with E-state index in [9.17, 15) is 4.79 Å². The first-order valence-electron chi connectivity index (χ1n) is 8.12. The van der Waals surface area contributed by atoms with Gasteiger partial charge in [0.1, 0.15) is 5.52 Å². The molecule has 0 saturated heterocycles. The monoisotopic (exact) mass is 360 g/mol. The van der Waals surface area contributed by atoms with Crippen molar-refractivity contribution in [2.75, 3.05) is 32.5 Å². The van der Waals surface area contributed by atoms with E-state index in [1.165, 1.54) is 0 Å². The molecule has 3 aromatic rings. The summed E-state index contributed by atoms with van der Waals surface area (Å²) in [6.07, 6.45) is 2.61. The Morgan fingerprint density at radius 2 is 2.12 bits per heavy atom. The second-order valence-corrected chi connectivity index (χ2v) is 6.53. The van der Waals surface area contributed by atoms with Crippen LogP contribution in [0.2, 0.25) is 5.02 Å². The van der Waals surface area contributed by atoms with Crippen LogP contribution in [0.4, 0.5) is 5.95 Å². The predicted octanol–water partition coefficient (Wildman–Crippen LogP) is 2.18. The third kappa shape index (κ3) is 4.18. The first kappa shape index (κ1) is 17.4. The molecule has 0 bridgehead atoms. The lowest BCUT2D eigenvalue weighted by molar-refractivity contribution is 0.405. The van der Waals surface area contributed by atoms with Gasteiger partial charge < -0.3 is 15.2 Å². The maximum Gasteiger partial charge on any atom is 0.328 e. The lowest BCUT2D eigenvalue weighted by Crippen LogP contribution is -2.18. The summed E-state index contributed by atoms with van der Waals surface area (Å²) in [6.45, 7) is 2.11. The predicted molar refractivity (Wildman–Crippen MR) is 100 cm³/mol. The molecule has 0 aliphatic carbocycles. The molecule has 0 amide bonds. The van der Waals surface area contributed by atoms with E-state index in [4.69, 9.17) is 11.6 Å². The van der Waals surface area contributed by atoms with Crippen LogP contribution < -0.4 is 11.0 Å². The van der Waals surface area contributed by atoms with Crippen molar-refractivity contribution in [3.05, 3.63) is 51.5 Å². The molecule has 132 valence electrons. The molecular weight excluding hydrogens is 340 g/mol. The molecule has 3 rings (SSSR count). The van der Waals surface area contributed by atoms with Gasteiger partial charge in [0, 0.05) is 11.6 Å². The van der Waals surface area contributed by atoms with Crippen molar-refractivity contribution < 1.29 is 0 Å². The molecule has 1 aromatic carbocycles. The Hall–Kier alpha value is -2.38. The Morgan fingerprint density at radius 1 is 1.32 bits per heavy atom. The van der Waals surface area contributed by atoms with Gasteiger partial charge in [0.15, 0.2) is 5.65 Å². The van der Waals surface area contributed by atoms with Gasteiger partial charge in [0.2, 0.25) is 5.95 Å². The molecule has 0 radical (unpaired) electrons. The van der Waals surface area contributed by atoms with Crippen molar-refractivity contribution in [2.24, 2.45) is 0 Å². The number of hydrogen-bond acceptors (Lipinski definition) is 5. The summed E-state index contributed by atoms with van der Waals surface area (Å²) in [7, 11) is 4.07. The van der Waals surface area contributed by atoms with E-state index in [2.05, 4.69) is 25.2 Å². The Balaban J connectivity index is 1.83. The fraction of sp³-hybridized carbons (Fsp3) is 0.353. The summed E-state index contributed by atoms with van der Waals surface area (Å²) >= 11 is 6.21. The van der Waals surface area contributed by atoms with Gasteiger partial charge in [-0.3, -0.25) is 4.57 Å². The second-order valence-electron chi connectivity index (χ2n) is 6.12. The van der Waals surface area contributed by atoms with E-state index in [-0.39, 0.29) is 5.69 Å². The number of rotatable bonds is 7. The van der Waals surface area contributed by atoms with Gasteiger partial charge in [-0.05, 0) is 38.7 Å². The van der Waals surface area contributed by atoms with E-state index in [0.29, 0.717) is 28.7 Å². The van der Waals surface area contributed by atoms with Gasteiger partial charge in [-0.25, -0.2) is 9.78 Å². The van der Waals surface area contributed by atoms with Gasteiger partial charge >= 0.3 is 5.69 Å². The third-order valence-corrected chi connectivity index (χ3v) is 4.23. The summed E-state index contributed by atoms with van der Waals surface area (Å²) in [5, 5.41) is 3.82. The Bertz CT molecular complexity index is 917. The molecule has 0 aliphatic rings. The van der Waals surface area contributed by atoms with Crippen LogP contribution in [0.5, 0.6) is 0 Å². The van der Waals surface area contributed by atoms with E-state index in [0.717, 1.165) is 25.1 Å². The number of hydrogen-bond donors (Lipinski definition) is 2. The lowest BCUT2D eigenvalue weighted by atomic mass is 10.2. The Morgan fingerprint density at radius 3 is 2.88 bits per heavy atom. The normalized spacial score (nSPS) is 11.4. The first-order chi connectivity index (χ1) is 12.0. The van der Waals surface area contributed by atoms with E-state index in [1.807, 2.05) is 38.4 Å². The zero-order valence-corrected chi connectivity index (χ0v) is 15.0. The van der Waals surface area contributed by atoms with Gasteiger partial charge in [-0.15, -0.1) is 0 Å². The van der Waals surface area contributed by atoms with Crippen molar-refractivity contribution in [1.29, 1.82) is 0 Å². The second kappa shape index (κ2) is 7.67. The molecule has 2 heterocycles. The van der Waals surface area contributed by atoms with Crippen LogP contribution in [-0.4, -0.2) is 51.6 Å². The number of aromatic amines is 1. The number of fused-ring (bicyclic) bond motifs is 1. The minimum absolute atomic E-state index is 0.228. The molecule has 0 atom stereocenters. The molecule has 8 heteroatoms. The van der Waals surface area contributed by atoms with Crippen molar-refractivity contribution in [2.45, 2.75) is 13.0 Å². The number of halogens is 1. The summed E-state index contributed by atoms with van der Waals surface area (Å²) in [5.41, 5.74) is 1.81. The first-order valence-corrected chi connectivity index (χ1v) is 8.50. The van der Waals surface area contributed by atoms with Crippen LogP contribution in [-0.2, 0) is 6.54 Å². The summed E-state index contributed by atoms with van der Waals surface area (Å²) in [6, 6.07) is 7.47. The molecule has 0 spiro atoms. The van der Waals surface area contributed by atoms with Crippen molar-refractivity contribution in [3.8, 4) is 0 Å². The average molecular weight is 361 g/mol. The van der Waals surface area contributed by atoms with Gasteiger partial charge in [-0.2, -0.15) is 4.98 Å². The third-order valence-electron chi connectivity index (χ3n) is 3.86. The maximum absolute atomic E-state index is 12.3. The number of benzene rings is 1. The van der Waals surface area contributed by atoms with Gasteiger partial charge in [0.25, 0.3) is 0 Å². The van der Waals surface area contributed by atoms with Crippen LogP contribution >= 0.6 is 11.6 Å². The van der Waals surface area contributed by atoms with Crippen molar-refractivity contribution in [1.82, 2.24) is 24.4 Å². The van der Waals surface area contributed by atoms with Crippen LogP contribution in [0.15, 0.2) is 35.3 Å². The minimum Gasteiger partial charge on any atom is -0.354 e. The Labute approximate surface area is 150 Å². The van der Waals surface area contributed by atoms with Crippen molar-refractivity contribution >= 4 is 28.7 Å². The smallest absolute Gasteiger partial charge is 0.328 e. The zero-order valence-electron chi connectivity index (χ0n) is 14.3. The SMILES string of the molecule is CN(C)CCCNc1ncc2[nH]c(=O)n(Cc3ccccc3Cl)c2n1. The fourth-order valence-corrected chi connectivity index (χ4v) is 2.77. The Kier molecular flexibility index (Phi) is 5.35. The molecule has 0 unspecified atom stereocenters. The minimum atomic E-state index is -0.228. The van der Waals surface area contributed by atoms with Gasteiger partial charge in [0.05, 0.1) is 12.7 Å². The largest absolute Gasteiger partial charge is 0.354 e.